The highest BCUT2D eigenvalue weighted by Gasteiger charge is 2.32. The molecule has 0 fully saturated rings. The number of carbonyl (C=O) groups is 1. The number of pyridine rings is 1. The van der Waals surface area contributed by atoms with E-state index in [4.69, 9.17) is 11.6 Å². The maximum absolute atomic E-state index is 13.0. The molecule has 1 N–H and O–H groups in total. The predicted molar refractivity (Wildman–Crippen MR) is 102 cm³/mol. The summed E-state index contributed by atoms with van der Waals surface area (Å²) in [7, 11) is 0. The number of nitrogens with one attached hydrogen (secondary N) is 1. The van der Waals surface area contributed by atoms with Crippen LogP contribution in [0.3, 0.4) is 0 Å². The number of hydrogen-bond acceptors (Lipinski definition) is 4. The van der Waals surface area contributed by atoms with E-state index in [2.05, 4.69) is 20.4 Å². The third-order valence-electron chi connectivity index (χ3n) is 3.73. The number of hydrogen-bond donors (Lipinski definition) is 1. The molecule has 2 heterocycles. The maximum atomic E-state index is 13.0. The average molecular weight is 448 g/mol. The summed E-state index contributed by atoms with van der Waals surface area (Å²) >= 11 is 5.71. The highest BCUT2D eigenvalue weighted by molar-refractivity contribution is 7.59. The van der Waals surface area contributed by atoms with Gasteiger partial charge in [0.05, 0.1) is 17.8 Å². The highest BCUT2D eigenvalue weighted by atomic mass is 35.5. The van der Waals surface area contributed by atoms with Crippen LogP contribution in [-0.4, -0.2) is 25.7 Å². The minimum atomic E-state index is -4.64. The number of rotatable bonds is 4. The topological polar surface area (TPSA) is 72.7 Å². The largest absolute Gasteiger partial charge is 0.416 e. The van der Waals surface area contributed by atoms with Gasteiger partial charge >= 0.3 is 6.18 Å². The fourth-order valence-corrected chi connectivity index (χ4v) is 2.68. The Balaban J connectivity index is 0.00000300. The van der Waals surface area contributed by atoms with Gasteiger partial charge < -0.3 is 5.32 Å². The number of carbonyl (C=O) groups excluding carboxylic acids is 1. The summed E-state index contributed by atoms with van der Waals surface area (Å²) in [5.41, 5.74) is -1.28. The molecular formula is C17H14ClF4N5OS. The molecule has 154 valence electrons. The van der Waals surface area contributed by atoms with Gasteiger partial charge in [0.1, 0.15) is 12.1 Å². The molecule has 2 aromatic heterocycles. The zero-order valence-electron chi connectivity index (χ0n) is 14.7. The molecule has 12 heteroatoms. The van der Waals surface area contributed by atoms with Gasteiger partial charge in [0, 0.05) is 10.6 Å². The molecule has 0 aliphatic carbocycles. The SMILES string of the molecule is C[C@H](NC(=O)c1cc(Cl)cc(C(F)(F)F)c1)c1ncnn1-c1ccc(F)cn1.S. The Morgan fingerprint density at radius 1 is 1.21 bits per heavy atom. The molecule has 0 aliphatic rings. The lowest BCUT2D eigenvalue weighted by molar-refractivity contribution is -0.137. The van der Waals surface area contributed by atoms with E-state index in [1.807, 2.05) is 0 Å². The van der Waals surface area contributed by atoms with Crippen LogP contribution < -0.4 is 5.32 Å². The van der Waals surface area contributed by atoms with Crippen LogP contribution in [0.15, 0.2) is 42.9 Å². The molecule has 0 bridgehead atoms. The van der Waals surface area contributed by atoms with Gasteiger partial charge in [0.2, 0.25) is 0 Å². The van der Waals surface area contributed by atoms with Gasteiger partial charge in [-0.25, -0.2) is 14.4 Å². The molecular weight excluding hydrogens is 434 g/mol. The second-order valence-electron chi connectivity index (χ2n) is 5.79. The van der Waals surface area contributed by atoms with Crippen LogP contribution in [0, 0.1) is 5.82 Å². The zero-order valence-corrected chi connectivity index (χ0v) is 16.5. The molecule has 6 nitrogen and oxygen atoms in total. The van der Waals surface area contributed by atoms with Gasteiger partial charge in [-0.1, -0.05) is 11.6 Å². The summed E-state index contributed by atoms with van der Waals surface area (Å²) in [4.78, 5) is 20.3. The molecule has 0 saturated carbocycles. The van der Waals surface area contributed by atoms with E-state index in [0.29, 0.717) is 6.07 Å². The Kier molecular flexibility index (Phi) is 6.85. The van der Waals surface area contributed by atoms with Gasteiger partial charge in [0.25, 0.3) is 5.91 Å². The molecule has 0 unspecified atom stereocenters. The molecule has 1 atom stereocenters. The number of amides is 1. The second kappa shape index (κ2) is 8.78. The van der Waals surface area contributed by atoms with Gasteiger partial charge in [-0.3, -0.25) is 4.79 Å². The van der Waals surface area contributed by atoms with E-state index in [9.17, 15) is 22.4 Å². The first kappa shape index (κ1) is 22.6. The summed E-state index contributed by atoms with van der Waals surface area (Å²) < 4.78 is 53.1. The van der Waals surface area contributed by atoms with Gasteiger partial charge in [-0.2, -0.15) is 36.4 Å². The molecule has 0 aliphatic heterocycles. The molecule has 29 heavy (non-hydrogen) atoms. The Hall–Kier alpha value is -2.66. The van der Waals surface area contributed by atoms with E-state index >= 15 is 0 Å². The van der Waals surface area contributed by atoms with Crippen molar-refractivity contribution in [2.24, 2.45) is 0 Å². The van der Waals surface area contributed by atoms with E-state index in [-0.39, 0.29) is 35.7 Å². The van der Waals surface area contributed by atoms with Crippen molar-refractivity contribution in [1.82, 2.24) is 25.1 Å². The first-order valence-corrected chi connectivity index (χ1v) is 8.23. The van der Waals surface area contributed by atoms with E-state index < -0.39 is 29.5 Å². The molecule has 0 saturated heterocycles. The number of aromatic nitrogens is 4. The lowest BCUT2D eigenvalue weighted by Crippen LogP contribution is -2.29. The van der Waals surface area contributed by atoms with Crippen LogP contribution in [0.25, 0.3) is 5.82 Å². The van der Waals surface area contributed by atoms with Crippen LogP contribution in [0.5, 0.6) is 0 Å². The Labute approximate surface area is 174 Å². The molecule has 3 aromatic rings. The van der Waals surface area contributed by atoms with Crippen LogP contribution in [0.2, 0.25) is 5.02 Å². The minimum Gasteiger partial charge on any atom is -0.342 e. The van der Waals surface area contributed by atoms with Crippen molar-refractivity contribution in [3.63, 3.8) is 0 Å². The lowest BCUT2D eigenvalue weighted by Gasteiger charge is -2.15. The number of halogens is 5. The van der Waals surface area contributed by atoms with Crippen LogP contribution in [0.1, 0.15) is 34.7 Å². The number of nitrogens with zero attached hydrogens (tertiary/aromatic N) is 4. The molecule has 1 aromatic carbocycles. The first-order chi connectivity index (χ1) is 13.1. The van der Waals surface area contributed by atoms with Crippen molar-refractivity contribution in [2.75, 3.05) is 0 Å². The summed E-state index contributed by atoms with van der Waals surface area (Å²) in [5.74, 6) is -0.794. The Bertz CT molecular complexity index is 1010. The third kappa shape index (κ3) is 5.24. The minimum absolute atomic E-state index is 0. The van der Waals surface area contributed by atoms with Crippen molar-refractivity contribution < 1.29 is 22.4 Å². The summed E-state index contributed by atoms with van der Waals surface area (Å²) in [6.07, 6.45) is -2.43. The Morgan fingerprint density at radius 3 is 2.55 bits per heavy atom. The van der Waals surface area contributed by atoms with Gasteiger partial charge in [0.15, 0.2) is 11.6 Å². The molecule has 0 radical (unpaired) electrons. The van der Waals surface area contributed by atoms with Crippen molar-refractivity contribution in [1.29, 1.82) is 0 Å². The van der Waals surface area contributed by atoms with Gasteiger partial charge in [-0.05, 0) is 37.3 Å². The predicted octanol–water partition coefficient (Wildman–Crippen LogP) is 4.08. The smallest absolute Gasteiger partial charge is 0.342 e. The maximum Gasteiger partial charge on any atom is 0.416 e. The molecule has 0 spiro atoms. The zero-order chi connectivity index (χ0) is 20.5. The van der Waals surface area contributed by atoms with Crippen molar-refractivity contribution in [3.05, 3.63) is 70.6 Å². The van der Waals surface area contributed by atoms with Crippen molar-refractivity contribution >= 4 is 31.0 Å². The normalized spacial score (nSPS) is 12.2. The van der Waals surface area contributed by atoms with Crippen LogP contribution in [0.4, 0.5) is 17.6 Å². The van der Waals surface area contributed by atoms with E-state index in [1.165, 1.54) is 23.1 Å². The van der Waals surface area contributed by atoms with Crippen molar-refractivity contribution in [3.8, 4) is 5.82 Å². The standard InChI is InChI=1S/C17H12ClF4N5O.H2S/c1-9(15-24-8-25-27(15)14-3-2-13(19)7-23-14)26-16(28)10-4-11(17(20,21)22)6-12(18)5-10;/h2-9H,1H3,(H,26,28);1H2/t9-;/m0./s1. The molecule has 3 rings (SSSR count). The monoisotopic (exact) mass is 447 g/mol. The number of alkyl halides is 3. The highest BCUT2D eigenvalue weighted by Crippen LogP contribution is 2.32. The summed E-state index contributed by atoms with van der Waals surface area (Å²) in [6.45, 7) is 1.57. The quantitative estimate of drug-likeness (QED) is 0.612. The molecule has 1 amide bonds. The lowest BCUT2D eigenvalue weighted by atomic mass is 10.1. The Morgan fingerprint density at radius 2 is 1.93 bits per heavy atom. The van der Waals surface area contributed by atoms with E-state index in [0.717, 1.165) is 18.3 Å². The van der Waals surface area contributed by atoms with Crippen LogP contribution >= 0.6 is 25.1 Å². The summed E-state index contributed by atoms with van der Waals surface area (Å²) in [6, 6.07) is 4.38. The fraction of sp³-hybridized carbons (Fsp3) is 0.176. The second-order valence-corrected chi connectivity index (χ2v) is 6.22. The third-order valence-corrected chi connectivity index (χ3v) is 3.94. The van der Waals surface area contributed by atoms with Crippen LogP contribution in [-0.2, 0) is 6.18 Å². The average Bonchev–Trinajstić information content (AvgIpc) is 3.11. The first-order valence-electron chi connectivity index (χ1n) is 7.85. The summed E-state index contributed by atoms with van der Waals surface area (Å²) in [5, 5.41) is 6.30. The number of benzene rings is 1. The van der Waals surface area contributed by atoms with Crippen molar-refractivity contribution in [2.45, 2.75) is 19.1 Å². The van der Waals surface area contributed by atoms with E-state index in [1.54, 1.807) is 6.92 Å². The fourth-order valence-electron chi connectivity index (χ4n) is 2.44. The van der Waals surface area contributed by atoms with Gasteiger partial charge in [-0.15, -0.1) is 0 Å².